The van der Waals surface area contributed by atoms with Crippen molar-refractivity contribution in [3.63, 3.8) is 0 Å². The number of rotatable bonds is 12. The molecule has 3 aromatic carbocycles. The second kappa shape index (κ2) is 16.8. The maximum absolute atomic E-state index is 14.5. The zero-order valence-corrected chi connectivity index (χ0v) is 36.1. The van der Waals surface area contributed by atoms with Gasteiger partial charge in [-0.25, -0.2) is 13.9 Å². The number of pyridine rings is 1. The largest absolute Gasteiger partial charge is 0.542 e. The predicted molar refractivity (Wildman–Crippen MR) is 224 cm³/mol. The van der Waals surface area contributed by atoms with E-state index in [0.717, 1.165) is 11.3 Å². The minimum atomic E-state index is -2.22. The second-order valence-electron chi connectivity index (χ2n) is 16.3. The summed E-state index contributed by atoms with van der Waals surface area (Å²) in [5.74, 6) is 1.36. The molecular weight excluding hydrogens is 772 g/mol. The first-order chi connectivity index (χ1) is 26.2. The molecule has 2 aromatic heterocycles. The molecule has 2 N–H and O–H groups in total. The molecule has 0 fully saturated rings. The van der Waals surface area contributed by atoms with Crippen molar-refractivity contribution < 1.29 is 23.1 Å². The van der Waals surface area contributed by atoms with Crippen LogP contribution in [0.3, 0.4) is 0 Å². The molecule has 10 nitrogen and oxygen atoms in total. The van der Waals surface area contributed by atoms with E-state index < -0.39 is 25.7 Å². The highest BCUT2D eigenvalue weighted by Crippen LogP contribution is 2.40. The van der Waals surface area contributed by atoms with Crippen LogP contribution >= 0.6 is 23.2 Å². The highest BCUT2D eigenvalue weighted by Gasteiger charge is 2.39. The lowest BCUT2D eigenvalue weighted by atomic mass is 9.92. The number of carbonyl (C=O) groups excluding carboxylic acids is 1. The molecule has 2 heterocycles. The predicted octanol–water partition coefficient (Wildman–Crippen LogP) is 10.4. The number of amides is 2. The number of nitrogens with one attached hydrogen (secondary N) is 2. The van der Waals surface area contributed by atoms with Gasteiger partial charge in [0, 0.05) is 35.9 Å². The summed E-state index contributed by atoms with van der Waals surface area (Å²) in [5.41, 5.74) is 3.25. The van der Waals surface area contributed by atoms with Gasteiger partial charge in [0.1, 0.15) is 40.5 Å². The molecule has 56 heavy (non-hydrogen) atoms. The maximum Gasteiger partial charge on any atom is 0.320 e. The van der Waals surface area contributed by atoms with E-state index >= 15 is 0 Å². The number of halogens is 3. The Morgan fingerprint density at radius 2 is 1.66 bits per heavy atom. The molecule has 0 unspecified atom stereocenters. The van der Waals surface area contributed by atoms with Gasteiger partial charge in [-0.15, -0.1) is 0 Å². The molecular formula is C42H50Cl2FN5O5Si. The number of benzene rings is 3. The Hall–Kier alpha value is -4.78. The van der Waals surface area contributed by atoms with Crippen LogP contribution in [0.4, 0.5) is 15.0 Å². The number of aryl methyl sites for hydroxylation is 1. The smallest absolute Gasteiger partial charge is 0.320 e. The Labute approximate surface area is 339 Å². The minimum Gasteiger partial charge on any atom is -0.542 e. The van der Waals surface area contributed by atoms with Gasteiger partial charge in [-0.05, 0) is 78.1 Å². The zero-order chi connectivity index (χ0) is 41.2. The molecule has 0 spiro atoms. The van der Waals surface area contributed by atoms with Gasteiger partial charge in [0.2, 0.25) is 0 Å². The summed E-state index contributed by atoms with van der Waals surface area (Å²) in [6, 6.07) is 20.0. The van der Waals surface area contributed by atoms with Crippen molar-refractivity contribution in [1.29, 1.82) is 0 Å². The molecule has 0 saturated heterocycles. The number of ether oxygens (including phenoxy) is 2. The summed E-state index contributed by atoms with van der Waals surface area (Å²) < 4.78 is 35.6. The average molecular weight is 823 g/mol. The highest BCUT2D eigenvalue weighted by atomic mass is 35.5. The normalized spacial score (nSPS) is 12.0. The first-order valence-corrected chi connectivity index (χ1v) is 21.9. The SMILES string of the molecule is COc1cccc(Cn2c(C)cc(OCc3ccc(F)cc3CNC(=O)Nc3cc(C(C)(C)C)nn3-c3ccc(Cl)c(O[Si](C)(C)C(C)(C)C)c3)c(Cl)c2=O)c1. The van der Waals surface area contributed by atoms with Gasteiger partial charge in [0.05, 0.1) is 30.1 Å². The quantitative estimate of drug-likeness (QED) is 0.121. The van der Waals surface area contributed by atoms with Crippen molar-refractivity contribution in [2.75, 3.05) is 12.4 Å². The highest BCUT2D eigenvalue weighted by molar-refractivity contribution is 6.74. The number of methoxy groups -OCH3 is 1. The van der Waals surface area contributed by atoms with E-state index in [1.807, 2.05) is 63.2 Å². The van der Waals surface area contributed by atoms with Crippen LogP contribution in [-0.4, -0.2) is 35.8 Å². The van der Waals surface area contributed by atoms with Crippen molar-refractivity contribution in [1.82, 2.24) is 19.7 Å². The van der Waals surface area contributed by atoms with Crippen LogP contribution in [0.25, 0.3) is 5.69 Å². The molecule has 0 radical (unpaired) electrons. The van der Waals surface area contributed by atoms with Crippen molar-refractivity contribution in [2.24, 2.45) is 0 Å². The van der Waals surface area contributed by atoms with Crippen LogP contribution < -0.4 is 30.1 Å². The van der Waals surface area contributed by atoms with Gasteiger partial charge >= 0.3 is 6.03 Å². The van der Waals surface area contributed by atoms with Crippen LogP contribution in [-0.2, 0) is 25.1 Å². The van der Waals surface area contributed by atoms with E-state index in [9.17, 15) is 14.0 Å². The zero-order valence-electron chi connectivity index (χ0n) is 33.6. The number of aromatic nitrogens is 3. The topological polar surface area (TPSA) is 109 Å². The fourth-order valence-electron chi connectivity index (χ4n) is 5.52. The Morgan fingerprint density at radius 3 is 2.34 bits per heavy atom. The summed E-state index contributed by atoms with van der Waals surface area (Å²) in [4.78, 5) is 26.8. The molecule has 0 atom stereocenters. The third-order valence-electron chi connectivity index (χ3n) is 9.93. The Bertz CT molecular complexity index is 2290. The number of hydrogen-bond acceptors (Lipinski definition) is 6. The van der Waals surface area contributed by atoms with E-state index in [4.69, 9.17) is 42.2 Å². The number of carbonyl (C=O) groups is 1. The number of nitrogens with zero attached hydrogens (tertiary/aromatic N) is 3. The molecule has 0 aliphatic heterocycles. The third kappa shape index (κ3) is 9.95. The lowest BCUT2D eigenvalue weighted by Gasteiger charge is -2.36. The van der Waals surface area contributed by atoms with Crippen LogP contribution in [0.5, 0.6) is 17.2 Å². The number of urea groups is 1. The van der Waals surface area contributed by atoms with Crippen LogP contribution in [0.15, 0.2) is 77.6 Å². The molecule has 0 bridgehead atoms. The lowest BCUT2D eigenvalue weighted by Crippen LogP contribution is -2.43. The standard InChI is InChI=1S/C42H50Cl2FN5O5Si/c1-26-18-35(38(44)39(51)49(26)24-27-12-11-13-32(19-27)53-8)54-25-28-14-15-30(45)20-29(28)23-46-40(52)47-37-22-36(41(2,3)4)48-50(37)31-16-17-33(43)34(21-31)55-56(9,10)42(5,6)7/h11-22H,23-25H2,1-10H3,(H2,46,47,52). The monoisotopic (exact) mass is 821 g/mol. The maximum atomic E-state index is 14.5. The fourth-order valence-corrected chi connectivity index (χ4v) is 6.98. The summed E-state index contributed by atoms with van der Waals surface area (Å²) in [6.07, 6.45) is 0. The van der Waals surface area contributed by atoms with Crippen molar-refractivity contribution >= 4 is 43.4 Å². The molecule has 2 amide bonds. The molecule has 0 aliphatic carbocycles. The first-order valence-electron chi connectivity index (χ1n) is 18.2. The Balaban J connectivity index is 1.32. The molecule has 5 aromatic rings. The van der Waals surface area contributed by atoms with Crippen molar-refractivity contribution in [3.8, 4) is 22.9 Å². The van der Waals surface area contributed by atoms with E-state index in [2.05, 4.69) is 44.5 Å². The lowest BCUT2D eigenvalue weighted by molar-refractivity contribution is 0.251. The van der Waals surface area contributed by atoms with Gasteiger partial charge in [0.15, 0.2) is 0 Å². The van der Waals surface area contributed by atoms with Gasteiger partial charge in [-0.2, -0.15) is 5.10 Å². The first kappa shape index (κ1) is 42.4. The van der Waals surface area contributed by atoms with Gasteiger partial charge in [-0.3, -0.25) is 10.1 Å². The summed E-state index contributed by atoms with van der Waals surface area (Å²) in [5, 5.41) is 11.0. The van der Waals surface area contributed by atoms with Crippen molar-refractivity contribution in [3.05, 3.63) is 127 Å². The fraction of sp³-hybridized carbons (Fsp3) is 0.357. The van der Waals surface area contributed by atoms with Crippen LogP contribution in [0.1, 0.15) is 69.6 Å². The van der Waals surface area contributed by atoms with Crippen molar-refractivity contribution in [2.45, 2.75) is 91.7 Å². The van der Waals surface area contributed by atoms with E-state index in [-0.39, 0.29) is 34.4 Å². The van der Waals surface area contributed by atoms with Gasteiger partial charge in [0.25, 0.3) is 13.9 Å². The summed E-state index contributed by atoms with van der Waals surface area (Å²) in [7, 11) is -0.640. The molecule has 0 saturated carbocycles. The summed E-state index contributed by atoms with van der Waals surface area (Å²) >= 11 is 13.1. The molecule has 0 aliphatic rings. The second-order valence-corrected chi connectivity index (χ2v) is 21.8. The van der Waals surface area contributed by atoms with Crippen LogP contribution in [0, 0.1) is 12.7 Å². The van der Waals surface area contributed by atoms with E-state index in [0.29, 0.717) is 51.4 Å². The van der Waals surface area contributed by atoms with Gasteiger partial charge in [-0.1, -0.05) is 82.9 Å². The summed E-state index contributed by atoms with van der Waals surface area (Å²) in [6.45, 7) is 18.9. The molecule has 14 heteroatoms. The average Bonchev–Trinajstić information content (AvgIpc) is 3.55. The van der Waals surface area contributed by atoms with Crippen LogP contribution in [0.2, 0.25) is 28.2 Å². The third-order valence-corrected chi connectivity index (χ3v) is 14.9. The minimum absolute atomic E-state index is 0.0249. The molecule has 5 rings (SSSR count). The van der Waals surface area contributed by atoms with E-state index in [1.54, 1.807) is 41.5 Å². The Morgan fingerprint density at radius 1 is 0.929 bits per heavy atom. The molecule has 298 valence electrons. The van der Waals surface area contributed by atoms with Gasteiger partial charge < -0.3 is 23.8 Å². The number of hydrogen-bond donors (Lipinski definition) is 2. The van der Waals surface area contributed by atoms with E-state index in [1.165, 1.54) is 12.1 Å². The Kier molecular flexibility index (Phi) is 12.7. The number of anilines is 1.